The van der Waals surface area contributed by atoms with Crippen molar-refractivity contribution >= 4 is 5.91 Å². The van der Waals surface area contributed by atoms with Gasteiger partial charge in [-0.3, -0.25) is 4.79 Å². The van der Waals surface area contributed by atoms with Gasteiger partial charge < -0.3 is 10.6 Å². The lowest BCUT2D eigenvalue weighted by molar-refractivity contribution is -0.143. The van der Waals surface area contributed by atoms with Crippen molar-refractivity contribution < 1.29 is 22.4 Å². The van der Waals surface area contributed by atoms with Gasteiger partial charge in [0.15, 0.2) is 11.4 Å². The van der Waals surface area contributed by atoms with Gasteiger partial charge in [-0.1, -0.05) is 17.3 Å². The molecule has 1 saturated carbocycles. The predicted molar refractivity (Wildman–Crippen MR) is 86.4 cm³/mol. The minimum absolute atomic E-state index is 0.0519. The van der Waals surface area contributed by atoms with Crippen LogP contribution in [0.15, 0.2) is 24.3 Å². The highest BCUT2D eigenvalue weighted by Gasteiger charge is 2.47. The number of benzene rings is 1. The van der Waals surface area contributed by atoms with Crippen LogP contribution >= 0.6 is 0 Å². The Bertz CT molecular complexity index is 880. The molecule has 6 nitrogen and oxygen atoms in total. The number of rotatable bonds is 2. The van der Waals surface area contributed by atoms with E-state index >= 15 is 0 Å². The molecule has 1 aromatic carbocycles. The molecule has 144 valence electrons. The molecule has 2 heterocycles. The number of alkyl halides is 3. The summed E-state index contributed by atoms with van der Waals surface area (Å²) < 4.78 is 55.4. The second kappa shape index (κ2) is 6.29. The summed E-state index contributed by atoms with van der Waals surface area (Å²) in [5, 5.41) is 6.89. The maximum atomic E-state index is 14.0. The van der Waals surface area contributed by atoms with E-state index in [4.69, 9.17) is 5.73 Å². The third kappa shape index (κ3) is 2.97. The Hall–Kier alpha value is -2.49. The van der Waals surface area contributed by atoms with Crippen LogP contribution in [0.2, 0.25) is 0 Å². The monoisotopic (exact) mass is 383 g/mol. The van der Waals surface area contributed by atoms with E-state index in [2.05, 4.69) is 10.3 Å². The van der Waals surface area contributed by atoms with E-state index in [1.807, 2.05) is 0 Å². The van der Waals surface area contributed by atoms with Crippen molar-refractivity contribution in [1.82, 2.24) is 19.9 Å². The molecule has 1 aliphatic heterocycles. The summed E-state index contributed by atoms with van der Waals surface area (Å²) in [6.45, 7) is 0.648. The summed E-state index contributed by atoms with van der Waals surface area (Å²) in [4.78, 5) is 14.1. The minimum atomic E-state index is -4.93. The molecule has 3 unspecified atom stereocenters. The first-order valence-electron chi connectivity index (χ1n) is 8.60. The fourth-order valence-corrected chi connectivity index (χ4v) is 4.10. The molecule has 4 rings (SSSR count). The number of fused-ring (bicyclic) bond motifs is 1. The molecule has 2 fully saturated rings. The summed E-state index contributed by atoms with van der Waals surface area (Å²) in [5.41, 5.74) is 3.41. The Balaban J connectivity index is 1.72. The van der Waals surface area contributed by atoms with E-state index in [0.29, 0.717) is 17.8 Å². The van der Waals surface area contributed by atoms with Crippen molar-refractivity contribution in [2.45, 2.75) is 25.1 Å². The fraction of sp³-hybridized carbons (Fsp3) is 0.471. The summed E-state index contributed by atoms with van der Waals surface area (Å²) in [6, 6.07) is 4.84. The lowest BCUT2D eigenvalue weighted by Crippen LogP contribution is -2.34. The van der Waals surface area contributed by atoms with E-state index in [9.17, 15) is 22.4 Å². The van der Waals surface area contributed by atoms with Gasteiger partial charge in [-0.15, -0.1) is 5.10 Å². The number of aromatic nitrogens is 3. The van der Waals surface area contributed by atoms with E-state index in [1.54, 1.807) is 0 Å². The standard InChI is InChI=1S/C17H17F4N5O/c18-11-3-1-2-4-13(11)26-15(17(19,20)21)14(23-24-26)16(27)25-7-9-5-6-12(22)10(9)8-25/h1-4,9-10,12H,5-8,22H2. The minimum Gasteiger partial charge on any atom is -0.337 e. The number of amides is 1. The van der Waals surface area contributed by atoms with Crippen LogP contribution < -0.4 is 5.73 Å². The molecule has 2 aliphatic rings. The first kappa shape index (κ1) is 17.9. The summed E-state index contributed by atoms with van der Waals surface area (Å²) in [5.74, 6) is -1.47. The van der Waals surface area contributed by atoms with Crippen LogP contribution in [0.3, 0.4) is 0 Å². The topological polar surface area (TPSA) is 77.0 Å². The Morgan fingerprint density at radius 2 is 1.93 bits per heavy atom. The highest BCUT2D eigenvalue weighted by molar-refractivity contribution is 5.94. The molecule has 1 saturated heterocycles. The summed E-state index contributed by atoms with van der Waals surface area (Å²) in [6.07, 6.45) is -3.22. The summed E-state index contributed by atoms with van der Waals surface area (Å²) >= 11 is 0. The van der Waals surface area contributed by atoms with E-state index in [1.165, 1.54) is 17.0 Å². The third-order valence-corrected chi connectivity index (χ3v) is 5.42. The Kier molecular flexibility index (Phi) is 4.17. The lowest BCUT2D eigenvalue weighted by atomic mass is 9.98. The number of para-hydroxylation sites is 1. The van der Waals surface area contributed by atoms with Crippen molar-refractivity contribution in [1.29, 1.82) is 0 Å². The van der Waals surface area contributed by atoms with Gasteiger partial charge in [0, 0.05) is 19.1 Å². The normalized spacial score (nSPS) is 25.1. The van der Waals surface area contributed by atoms with Crippen LogP contribution in [0.1, 0.15) is 29.0 Å². The number of nitrogens with zero attached hydrogens (tertiary/aromatic N) is 4. The van der Waals surface area contributed by atoms with Gasteiger partial charge in [0.25, 0.3) is 5.91 Å². The molecule has 10 heteroatoms. The fourth-order valence-electron chi connectivity index (χ4n) is 4.10. The van der Waals surface area contributed by atoms with Gasteiger partial charge in [0.2, 0.25) is 0 Å². The molecule has 0 radical (unpaired) electrons. The van der Waals surface area contributed by atoms with Crippen LogP contribution in [0.5, 0.6) is 0 Å². The van der Waals surface area contributed by atoms with Gasteiger partial charge in [-0.2, -0.15) is 13.2 Å². The first-order valence-corrected chi connectivity index (χ1v) is 8.60. The molecule has 2 aromatic rings. The Morgan fingerprint density at radius 3 is 2.59 bits per heavy atom. The molecule has 1 amide bonds. The largest absolute Gasteiger partial charge is 0.435 e. The van der Waals surface area contributed by atoms with Crippen molar-refractivity contribution in [2.75, 3.05) is 13.1 Å². The van der Waals surface area contributed by atoms with E-state index in [0.717, 1.165) is 25.0 Å². The zero-order valence-corrected chi connectivity index (χ0v) is 14.2. The van der Waals surface area contributed by atoms with Crippen LogP contribution in [0.4, 0.5) is 17.6 Å². The van der Waals surface area contributed by atoms with Crippen LogP contribution in [0, 0.1) is 17.7 Å². The number of carbonyl (C=O) groups excluding carboxylic acids is 1. The van der Waals surface area contributed by atoms with Crippen LogP contribution in [0.25, 0.3) is 5.69 Å². The highest BCUT2D eigenvalue weighted by Crippen LogP contribution is 2.39. The molecule has 1 aliphatic carbocycles. The molecular weight excluding hydrogens is 366 g/mol. The molecule has 0 bridgehead atoms. The van der Waals surface area contributed by atoms with Gasteiger partial charge in [0.1, 0.15) is 11.5 Å². The average molecular weight is 383 g/mol. The smallest absolute Gasteiger partial charge is 0.337 e. The molecule has 3 atom stereocenters. The molecule has 1 aromatic heterocycles. The van der Waals surface area contributed by atoms with Crippen molar-refractivity contribution in [3.8, 4) is 5.69 Å². The third-order valence-electron chi connectivity index (χ3n) is 5.42. The second-order valence-corrected chi connectivity index (χ2v) is 7.02. The number of likely N-dealkylation sites (tertiary alicyclic amines) is 1. The number of carbonyl (C=O) groups is 1. The zero-order valence-electron chi connectivity index (χ0n) is 14.2. The maximum absolute atomic E-state index is 14.0. The van der Waals surface area contributed by atoms with Crippen molar-refractivity contribution in [3.05, 3.63) is 41.5 Å². The second-order valence-electron chi connectivity index (χ2n) is 7.02. The number of halogens is 4. The molecule has 2 N–H and O–H groups in total. The van der Waals surface area contributed by atoms with Crippen LogP contribution in [-0.4, -0.2) is 44.9 Å². The Morgan fingerprint density at radius 1 is 1.19 bits per heavy atom. The SMILES string of the molecule is NC1CCC2CN(C(=O)c3nnn(-c4ccccc4F)c3C(F)(F)F)CC12. The van der Waals surface area contributed by atoms with Gasteiger partial charge in [0.05, 0.1) is 0 Å². The molecule has 0 spiro atoms. The zero-order chi connectivity index (χ0) is 19.3. The Labute approximate surface area is 151 Å². The highest BCUT2D eigenvalue weighted by atomic mass is 19.4. The van der Waals surface area contributed by atoms with Crippen LogP contribution in [-0.2, 0) is 6.18 Å². The van der Waals surface area contributed by atoms with Gasteiger partial charge in [-0.25, -0.2) is 9.07 Å². The number of hydrogen-bond acceptors (Lipinski definition) is 4. The predicted octanol–water partition coefficient (Wildman–Crippen LogP) is 2.23. The molecule has 27 heavy (non-hydrogen) atoms. The average Bonchev–Trinajstić information content (AvgIpc) is 3.30. The first-order chi connectivity index (χ1) is 12.8. The molecular formula is C17H17F4N5O. The van der Waals surface area contributed by atoms with E-state index in [-0.39, 0.29) is 17.9 Å². The van der Waals surface area contributed by atoms with Crippen molar-refractivity contribution in [2.24, 2.45) is 17.6 Å². The summed E-state index contributed by atoms with van der Waals surface area (Å²) in [7, 11) is 0. The quantitative estimate of drug-likeness (QED) is 0.807. The maximum Gasteiger partial charge on any atom is 0.435 e. The number of hydrogen-bond donors (Lipinski definition) is 1. The van der Waals surface area contributed by atoms with Gasteiger partial charge in [-0.05, 0) is 36.8 Å². The lowest BCUT2D eigenvalue weighted by Gasteiger charge is -2.19. The number of nitrogens with two attached hydrogens (primary N) is 1. The van der Waals surface area contributed by atoms with E-state index < -0.39 is 35.0 Å². The van der Waals surface area contributed by atoms with Gasteiger partial charge >= 0.3 is 6.18 Å². The van der Waals surface area contributed by atoms with Crippen molar-refractivity contribution in [3.63, 3.8) is 0 Å².